The second kappa shape index (κ2) is 7.92. The molecule has 0 radical (unpaired) electrons. The number of ether oxygens (including phenoxy) is 2. The Bertz CT molecular complexity index is 1290. The molecule has 0 saturated heterocycles. The van der Waals surface area contributed by atoms with Crippen LogP contribution in [0.3, 0.4) is 0 Å². The highest BCUT2D eigenvalue weighted by molar-refractivity contribution is 7.21. The molecule has 1 N–H and O–H groups in total. The SMILES string of the molecule is COCc1cnc2c(-c3nc4c(C)c(F)c(OCC(=O)O)cc4s3)cc(C)cc2n1. The first-order chi connectivity index (χ1) is 14.4. The molecule has 0 spiro atoms. The number of halogens is 1. The lowest BCUT2D eigenvalue weighted by Gasteiger charge is -2.07. The Kier molecular flexibility index (Phi) is 5.31. The van der Waals surface area contributed by atoms with Gasteiger partial charge in [0.2, 0.25) is 0 Å². The van der Waals surface area contributed by atoms with E-state index in [9.17, 15) is 9.18 Å². The lowest BCUT2D eigenvalue weighted by Crippen LogP contribution is -2.10. The Morgan fingerprint density at radius 1 is 1.20 bits per heavy atom. The van der Waals surface area contributed by atoms with Gasteiger partial charge >= 0.3 is 5.97 Å². The topological polar surface area (TPSA) is 94.4 Å². The zero-order chi connectivity index (χ0) is 21.4. The van der Waals surface area contributed by atoms with Crippen LogP contribution in [0.1, 0.15) is 16.8 Å². The van der Waals surface area contributed by atoms with Gasteiger partial charge in [0.1, 0.15) is 5.01 Å². The summed E-state index contributed by atoms with van der Waals surface area (Å²) < 4.78 is 25.6. The lowest BCUT2D eigenvalue weighted by molar-refractivity contribution is -0.139. The minimum atomic E-state index is -1.17. The molecule has 4 rings (SSSR count). The van der Waals surface area contributed by atoms with Crippen molar-refractivity contribution in [2.75, 3.05) is 13.7 Å². The molecule has 0 unspecified atom stereocenters. The number of thiazole rings is 1. The lowest BCUT2D eigenvalue weighted by atomic mass is 10.1. The molecular weight excluding hydrogens is 409 g/mol. The molecule has 2 aromatic carbocycles. The highest BCUT2D eigenvalue weighted by Crippen LogP contribution is 2.38. The first-order valence-electron chi connectivity index (χ1n) is 9.07. The number of methoxy groups -OCH3 is 1. The van der Waals surface area contributed by atoms with Crippen LogP contribution in [0.5, 0.6) is 5.75 Å². The molecule has 0 aliphatic heterocycles. The Morgan fingerprint density at radius 3 is 2.73 bits per heavy atom. The summed E-state index contributed by atoms with van der Waals surface area (Å²) in [7, 11) is 1.60. The van der Waals surface area contributed by atoms with E-state index in [-0.39, 0.29) is 5.75 Å². The number of carboxylic acids is 1. The zero-order valence-electron chi connectivity index (χ0n) is 16.5. The third kappa shape index (κ3) is 3.69. The van der Waals surface area contributed by atoms with Crippen LogP contribution in [0.4, 0.5) is 4.39 Å². The van der Waals surface area contributed by atoms with Gasteiger partial charge in [0.25, 0.3) is 0 Å². The summed E-state index contributed by atoms with van der Waals surface area (Å²) in [5, 5.41) is 9.47. The first-order valence-corrected chi connectivity index (χ1v) is 9.89. The summed E-state index contributed by atoms with van der Waals surface area (Å²) in [6.45, 7) is 3.31. The molecule has 30 heavy (non-hydrogen) atoms. The fourth-order valence-electron chi connectivity index (χ4n) is 3.21. The predicted octanol–water partition coefficient (Wildman–Crippen LogP) is 4.27. The van der Waals surface area contributed by atoms with Gasteiger partial charge in [0, 0.05) is 24.3 Å². The number of aliphatic carboxylic acids is 1. The van der Waals surface area contributed by atoms with E-state index in [2.05, 4.69) is 15.0 Å². The van der Waals surface area contributed by atoms with Crippen molar-refractivity contribution in [2.24, 2.45) is 0 Å². The molecule has 154 valence electrons. The highest BCUT2D eigenvalue weighted by atomic mass is 32.1. The van der Waals surface area contributed by atoms with Crippen molar-refractivity contribution >= 4 is 38.6 Å². The van der Waals surface area contributed by atoms with E-state index in [1.54, 1.807) is 20.2 Å². The molecule has 2 aromatic heterocycles. The minimum Gasteiger partial charge on any atom is -0.479 e. The standard InChI is InChI=1S/C21H18FN3O4S/c1-10-4-13(20-14(5-10)24-12(7-23-20)8-28-3)21-25-19-11(2)18(22)15(6-16(19)30-21)29-9-17(26)27/h4-7H,8-9H2,1-3H3,(H,26,27). The van der Waals surface area contributed by atoms with Gasteiger partial charge in [-0.1, -0.05) is 0 Å². The molecule has 2 heterocycles. The van der Waals surface area contributed by atoms with Gasteiger partial charge in [0.15, 0.2) is 18.2 Å². The van der Waals surface area contributed by atoms with E-state index in [4.69, 9.17) is 14.6 Å². The monoisotopic (exact) mass is 427 g/mol. The van der Waals surface area contributed by atoms with Gasteiger partial charge in [-0.15, -0.1) is 11.3 Å². The van der Waals surface area contributed by atoms with E-state index >= 15 is 0 Å². The molecule has 7 nitrogen and oxygen atoms in total. The predicted molar refractivity (Wildman–Crippen MR) is 111 cm³/mol. The molecule has 0 amide bonds. The Labute approximate surface area is 175 Å². The van der Waals surface area contributed by atoms with Crippen LogP contribution in [-0.2, 0) is 16.1 Å². The Hall–Kier alpha value is -3.17. The maximum atomic E-state index is 14.6. The molecule has 9 heteroatoms. The van der Waals surface area contributed by atoms with Crippen LogP contribution in [0.2, 0.25) is 0 Å². The molecule has 0 fully saturated rings. The first kappa shape index (κ1) is 20.1. The molecule has 4 aromatic rings. The number of carboxylic acid groups (broad SMARTS) is 1. The van der Waals surface area contributed by atoms with Crippen molar-refractivity contribution in [3.63, 3.8) is 0 Å². The average molecular weight is 427 g/mol. The second-order valence-electron chi connectivity index (χ2n) is 6.84. The Morgan fingerprint density at radius 2 is 2.00 bits per heavy atom. The highest BCUT2D eigenvalue weighted by Gasteiger charge is 2.19. The summed E-state index contributed by atoms with van der Waals surface area (Å²) in [5.41, 5.74) is 4.76. The molecule has 0 aliphatic rings. The number of hydrogen-bond acceptors (Lipinski definition) is 7. The van der Waals surface area contributed by atoms with Crippen molar-refractivity contribution in [2.45, 2.75) is 20.5 Å². The van der Waals surface area contributed by atoms with Crippen molar-refractivity contribution in [3.05, 3.63) is 47.0 Å². The molecule has 0 atom stereocenters. The molecule has 0 aliphatic carbocycles. The molecule has 0 saturated carbocycles. The van der Waals surface area contributed by atoms with Crippen molar-refractivity contribution in [1.29, 1.82) is 0 Å². The van der Waals surface area contributed by atoms with E-state index in [1.165, 1.54) is 17.4 Å². The van der Waals surface area contributed by atoms with E-state index in [1.807, 2.05) is 19.1 Å². The van der Waals surface area contributed by atoms with Gasteiger partial charge in [-0.3, -0.25) is 4.98 Å². The van der Waals surface area contributed by atoms with Crippen LogP contribution in [0, 0.1) is 19.7 Å². The number of fused-ring (bicyclic) bond motifs is 2. The summed E-state index contributed by atoms with van der Waals surface area (Å²) in [6, 6.07) is 5.40. The van der Waals surface area contributed by atoms with Crippen molar-refractivity contribution in [3.8, 4) is 16.3 Å². The number of carbonyl (C=O) groups is 1. The van der Waals surface area contributed by atoms with Gasteiger partial charge in [-0.25, -0.2) is 19.2 Å². The zero-order valence-corrected chi connectivity index (χ0v) is 17.3. The van der Waals surface area contributed by atoms with Gasteiger partial charge in [0.05, 0.1) is 39.7 Å². The van der Waals surface area contributed by atoms with E-state index in [0.717, 1.165) is 22.3 Å². The van der Waals surface area contributed by atoms with Gasteiger partial charge in [-0.05, 0) is 31.5 Å². The second-order valence-corrected chi connectivity index (χ2v) is 7.87. The average Bonchev–Trinajstić information content (AvgIpc) is 3.13. The number of hydrogen-bond donors (Lipinski definition) is 1. The summed E-state index contributed by atoms with van der Waals surface area (Å²) in [6.07, 6.45) is 1.67. The Balaban J connectivity index is 1.86. The fourth-order valence-corrected chi connectivity index (χ4v) is 4.29. The molecular formula is C21H18FN3O4S. The van der Waals surface area contributed by atoms with Crippen LogP contribution in [0.25, 0.3) is 31.8 Å². The van der Waals surface area contributed by atoms with Gasteiger partial charge < -0.3 is 14.6 Å². The van der Waals surface area contributed by atoms with E-state index in [0.29, 0.717) is 32.9 Å². The maximum absolute atomic E-state index is 14.6. The maximum Gasteiger partial charge on any atom is 0.341 e. The number of rotatable bonds is 6. The quantitative estimate of drug-likeness (QED) is 0.491. The number of aryl methyl sites for hydroxylation is 2. The van der Waals surface area contributed by atoms with Crippen molar-refractivity contribution < 1.29 is 23.8 Å². The van der Waals surface area contributed by atoms with Crippen molar-refractivity contribution in [1.82, 2.24) is 15.0 Å². The van der Waals surface area contributed by atoms with Crippen LogP contribution in [0.15, 0.2) is 24.4 Å². The van der Waals surface area contributed by atoms with E-state index < -0.39 is 18.4 Å². The van der Waals surface area contributed by atoms with Crippen LogP contribution >= 0.6 is 11.3 Å². The van der Waals surface area contributed by atoms with Crippen LogP contribution < -0.4 is 4.74 Å². The third-order valence-electron chi connectivity index (χ3n) is 4.53. The minimum absolute atomic E-state index is 0.101. The third-order valence-corrected chi connectivity index (χ3v) is 5.57. The summed E-state index contributed by atoms with van der Waals surface area (Å²) in [4.78, 5) is 24.6. The summed E-state index contributed by atoms with van der Waals surface area (Å²) in [5.74, 6) is -1.89. The number of aromatic nitrogens is 3. The number of benzene rings is 2. The van der Waals surface area contributed by atoms with Gasteiger partial charge in [-0.2, -0.15) is 0 Å². The number of nitrogens with zero attached hydrogens (tertiary/aromatic N) is 3. The normalized spacial score (nSPS) is 11.3. The fraction of sp³-hybridized carbons (Fsp3) is 0.238. The smallest absolute Gasteiger partial charge is 0.341 e. The van der Waals surface area contributed by atoms with Crippen LogP contribution in [-0.4, -0.2) is 39.7 Å². The largest absolute Gasteiger partial charge is 0.479 e. The molecule has 0 bridgehead atoms. The summed E-state index contributed by atoms with van der Waals surface area (Å²) >= 11 is 1.36.